The second-order valence-corrected chi connectivity index (χ2v) is 6.72. The smallest absolute Gasteiger partial charge is 0.191 e. The molecule has 7 heteroatoms. The summed E-state index contributed by atoms with van der Waals surface area (Å²) in [6.45, 7) is 5.67. The van der Waals surface area contributed by atoms with Crippen molar-refractivity contribution in [2.24, 2.45) is 4.99 Å². The van der Waals surface area contributed by atoms with Crippen LogP contribution in [0.3, 0.4) is 0 Å². The van der Waals surface area contributed by atoms with Crippen molar-refractivity contribution in [3.05, 3.63) is 23.8 Å². The number of ether oxygens (including phenoxy) is 2. The van der Waals surface area contributed by atoms with E-state index < -0.39 is 0 Å². The Balaban J connectivity index is 0.00000364. The predicted molar refractivity (Wildman–Crippen MR) is 123 cm³/mol. The van der Waals surface area contributed by atoms with E-state index in [4.69, 9.17) is 9.47 Å². The highest BCUT2D eigenvalue weighted by Gasteiger charge is 2.20. The Bertz CT molecular complexity index is 577. The van der Waals surface area contributed by atoms with Crippen LogP contribution in [0, 0.1) is 0 Å². The van der Waals surface area contributed by atoms with Crippen LogP contribution in [0.2, 0.25) is 0 Å². The van der Waals surface area contributed by atoms with Crippen LogP contribution in [0.1, 0.15) is 38.2 Å². The number of hydrogen-bond donors (Lipinski definition) is 2. The van der Waals surface area contributed by atoms with Crippen molar-refractivity contribution in [2.75, 3.05) is 40.8 Å². The third-order valence-corrected chi connectivity index (χ3v) is 4.86. The van der Waals surface area contributed by atoms with Gasteiger partial charge in [-0.2, -0.15) is 0 Å². The minimum Gasteiger partial charge on any atom is -0.493 e. The Morgan fingerprint density at radius 2 is 2.00 bits per heavy atom. The first-order valence-electron chi connectivity index (χ1n) is 9.63. The van der Waals surface area contributed by atoms with E-state index in [0.717, 1.165) is 55.5 Å². The van der Waals surface area contributed by atoms with Crippen LogP contribution in [0.5, 0.6) is 11.5 Å². The molecule has 1 aliphatic carbocycles. The number of nitrogens with one attached hydrogen (secondary N) is 2. The van der Waals surface area contributed by atoms with E-state index in [9.17, 15) is 0 Å². The van der Waals surface area contributed by atoms with Gasteiger partial charge < -0.3 is 25.0 Å². The zero-order valence-electron chi connectivity index (χ0n) is 17.1. The number of benzene rings is 1. The maximum absolute atomic E-state index is 6.29. The molecular weight excluding hydrogens is 455 g/mol. The van der Waals surface area contributed by atoms with Gasteiger partial charge in [-0.3, -0.25) is 4.99 Å². The highest BCUT2D eigenvalue weighted by Crippen LogP contribution is 2.34. The molecule has 0 unspecified atom stereocenters. The minimum absolute atomic E-state index is 0. The maximum atomic E-state index is 6.29. The number of para-hydroxylation sites is 1. The van der Waals surface area contributed by atoms with Crippen LogP contribution < -0.4 is 20.1 Å². The Hall–Kier alpha value is -1.22. The van der Waals surface area contributed by atoms with E-state index in [0.29, 0.717) is 12.6 Å². The molecule has 0 bridgehead atoms. The van der Waals surface area contributed by atoms with Gasteiger partial charge in [-0.15, -0.1) is 24.0 Å². The zero-order valence-corrected chi connectivity index (χ0v) is 19.4. The molecule has 0 spiro atoms. The summed E-state index contributed by atoms with van der Waals surface area (Å²) in [5, 5.41) is 6.73. The zero-order chi connectivity index (χ0) is 18.8. The number of rotatable bonds is 9. The number of guanidine groups is 1. The molecule has 154 valence electrons. The molecule has 1 aromatic carbocycles. The molecule has 1 aliphatic rings. The molecule has 0 radical (unpaired) electrons. The average Bonchev–Trinajstić information content (AvgIpc) is 3.18. The van der Waals surface area contributed by atoms with Crippen molar-refractivity contribution in [1.82, 2.24) is 15.5 Å². The lowest BCUT2D eigenvalue weighted by Gasteiger charge is -2.20. The number of hydrogen-bond acceptors (Lipinski definition) is 4. The average molecular weight is 490 g/mol. The molecule has 0 saturated heterocycles. The van der Waals surface area contributed by atoms with E-state index in [1.54, 1.807) is 14.2 Å². The monoisotopic (exact) mass is 490 g/mol. The quantitative estimate of drug-likeness (QED) is 0.316. The van der Waals surface area contributed by atoms with Gasteiger partial charge in [0.1, 0.15) is 0 Å². The van der Waals surface area contributed by atoms with Crippen LogP contribution in [-0.2, 0) is 6.54 Å². The van der Waals surface area contributed by atoms with Crippen molar-refractivity contribution in [2.45, 2.75) is 45.3 Å². The summed E-state index contributed by atoms with van der Waals surface area (Å²) in [5.41, 5.74) is 1.09. The molecule has 27 heavy (non-hydrogen) atoms. The largest absolute Gasteiger partial charge is 0.493 e. The second kappa shape index (κ2) is 13.0. The summed E-state index contributed by atoms with van der Waals surface area (Å²) in [7, 11) is 5.60. The molecule has 0 aliphatic heterocycles. The third-order valence-electron chi connectivity index (χ3n) is 4.86. The summed E-state index contributed by atoms with van der Waals surface area (Å²) < 4.78 is 11.8. The first-order chi connectivity index (χ1) is 12.7. The van der Waals surface area contributed by atoms with Crippen molar-refractivity contribution < 1.29 is 9.47 Å². The summed E-state index contributed by atoms with van der Waals surface area (Å²) in [5.74, 6) is 2.45. The maximum Gasteiger partial charge on any atom is 0.191 e. The van der Waals surface area contributed by atoms with Crippen molar-refractivity contribution in [3.63, 3.8) is 0 Å². The summed E-state index contributed by atoms with van der Waals surface area (Å²) in [6.07, 6.45) is 5.04. The fraction of sp³-hybridized carbons (Fsp3) is 0.650. The van der Waals surface area contributed by atoms with Gasteiger partial charge >= 0.3 is 0 Å². The Morgan fingerprint density at radius 1 is 1.26 bits per heavy atom. The molecule has 6 nitrogen and oxygen atoms in total. The topological polar surface area (TPSA) is 58.1 Å². The number of methoxy groups -OCH3 is 1. The molecule has 1 aromatic rings. The molecule has 0 heterocycles. The Labute approximate surface area is 181 Å². The van der Waals surface area contributed by atoms with E-state index >= 15 is 0 Å². The van der Waals surface area contributed by atoms with E-state index in [-0.39, 0.29) is 24.0 Å². The van der Waals surface area contributed by atoms with Gasteiger partial charge in [-0.1, -0.05) is 19.1 Å². The van der Waals surface area contributed by atoms with Crippen LogP contribution >= 0.6 is 24.0 Å². The lowest BCUT2D eigenvalue weighted by Crippen LogP contribution is -2.40. The summed E-state index contributed by atoms with van der Waals surface area (Å²) >= 11 is 0. The van der Waals surface area contributed by atoms with Gasteiger partial charge in [0, 0.05) is 32.2 Å². The van der Waals surface area contributed by atoms with Gasteiger partial charge in [0.2, 0.25) is 0 Å². The van der Waals surface area contributed by atoms with E-state index in [1.165, 1.54) is 12.8 Å². The minimum atomic E-state index is 0. The van der Waals surface area contributed by atoms with Crippen molar-refractivity contribution >= 4 is 29.9 Å². The fourth-order valence-corrected chi connectivity index (χ4v) is 3.09. The van der Waals surface area contributed by atoms with Crippen molar-refractivity contribution in [3.8, 4) is 11.5 Å². The van der Waals surface area contributed by atoms with E-state index in [2.05, 4.69) is 40.6 Å². The summed E-state index contributed by atoms with van der Waals surface area (Å²) in [4.78, 5) is 6.56. The number of halogens is 1. The van der Waals surface area contributed by atoms with Crippen LogP contribution in [0.4, 0.5) is 0 Å². The van der Waals surface area contributed by atoms with E-state index in [1.807, 2.05) is 12.1 Å². The molecule has 2 N–H and O–H groups in total. The lowest BCUT2D eigenvalue weighted by atomic mass is 10.1. The van der Waals surface area contributed by atoms with Crippen LogP contribution in [0.25, 0.3) is 0 Å². The molecule has 1 fully saturated rings. The number of likely N-dealkylation sites (N-methyl/N-ethyl adjacent to an activating group) is 1. The van der Waals surface area contributed by atoms with Gasteiger partial charge in [-0.05, 0) is 45.3 Å². The third kappa shape index (κ3) is 7.73. The van der Waals surface area contributed by atoms with Gasteiger partial charge in [0.05, 0.1) is 13.2 Å². The van der Waals surface area contributed by atoms with Crippen LogP contribution in [0.15, 0.2) is 23.2 Å². The lowest BCUT2D eigenvalue weighted by molar-refractivity contribution is 0.198. The second-order valence-electron chi connectivity index (χ2n) is 6.72. The number of aliphatic imine (C=N–C) groups is 1. The van der Waals surface area contributed by atoms with Crippen LogP contribution in [-0.4, -0.2) is 57.8 Å². The Kier molecular flexibility index (Phi) is 11.5. The predicted octanol–water partition coefficient (Wildman–Crippen LogP) is 3.25. The highest BCUT2D eigenvalue weighted by atomic mass is 127. The summed E-state index contributed by atoms with van der Waals surface area (Å²) in [6, 6.07) is 6.04. The molecule has 1 saturated carbocycles. The SMILES string of the molecule is CCN(C)CCNC(=NC)NCc1cccc(OC)c1OC1CCCC1.I. The molecular formula is C20H35IN4O2. The standard InChI is InChI=1S/C20H34N4O2.HI/c1-5-24(3)14-13-22-20(21-2)23-15-16-9-8-12-18(25-4)19(16)26-17-10-6-7-11-17;/h8-9,12,17H,5-7,10-11,13-15H2,1-4H3,(H2,21,22,23);1H. The first kappa shape index (κ1) is 23.8. The fourth-order valence-electron chi connectivity index (χ4n) is 3.09. The Morgan fingerprint density at radius 3 is 2.63 bits per heavy atom. The molecule has 0 atom stereocenters. The van der Waals surface area contributed by atoms with Crippen molar-refractivity contribution in [1.29, 1.82) is 0 Å². The highest BCUT2D eigenvalue weighted by molar-refractivity contribution is 14.0. The molecule has 0 amide bonds. The normalized spacial score (nSPS) is 14.8. The molecule has 2 rings (SSSR count). The van der Waals surface area contributed by atoms with Gasteiger partial charge in [0.25, 0.3) is 0 Å². The molecule has 0 aromatic heterocycles. The number of nitrogens with zero attached hydrogens (tertiary/aromatic N) is 2. The van der Waals surface area contributed by atoms with Gasteiger partial charge in [0.15, 0.2) is 17.5 Å². The first-order valence-corrected chi connectivity index (χ1v) is 9.63. The van der Waals surface area contributed by atoms with Gasteiger partial charge in [-0.25, -0.2) is 0 Å².